The van der Waals surface area contributed by atoms with Crippen LogP contribution >= 0.6 is 11.6 Å². The quantitative estimate of drug-likeness (QED) is 0.511. The lowest BCUT2D eigenvalue weighted by atomic mass is 9.71. The van der Waals surface area contributed by atoms with E-state index in [9.17, 15) is 19.5 Å². The van der Waals surface area contributed by atoms with E-state index in [-0.39, 0.29) is 24.5 Å². The Balaban J connectivity index is 1.54. The molecule has 0 aromatic heterocycles. The van der Waals surface area contributed by atoms with Crippen molar-refractivity contribution >= 4 is 29.1 Å². The van der Waals surface area contributed by atoms with Gasteiger partial charge in [0.15, 0.2) is 11.6 Å². The van der Waals surface area contributed by atoms with Crippen molar-refractivity contribution in [3.8, 4) is 5.75 Å². The van der Waals surface area contributed by atoms with Crippen LogP contribution in [-0.4, -0.2) is 34.1 Å². The zero-order chi connectivity index (χ0) is 25.2. The number of Topliss-reactive ketones (excluding diaryl/α,β-unsaturated/α-hetero) is 2. The van der Waals surface area contributed by atoms with E-state index in [0.29, 0.717) is 54.2 Å². The maximum Gasteiger partial charge on any atom is 0.305 e. The molecular formula is C29H28ClNO5. The summed E-state index contributed by atoms with van der Waals surface area (Å²) in [5, 5.41) is 10.00. The van der Waals surface area contributed by atoms with Gasteiger partial charge in [-0.2, -0.15) is 0 Å². The molecule has 0 spiro atoms. The van der Waals surface area contributed by atoms with Gasteiger partial charge in [0.2, 0.25) is 0 Å². The van der Waals surface area contributed by atoms with Crippen LogP contribution in [0, 0.1) is 0 Å². The number of nitrogens with zero attached hydrogens (tertiary/aromatic N) is 1. The average molecular weight is 506 g/mol. The lowest BCUT2D eigenvalue weighted by Crippen LogP contribution is -2.39. The number of carboxylic acids is 1. The highest BCUT2D eigenvalue weighted by atomic mass is 35.5. The Labute approximate surface area is 215 Å². The van der Waals surface area contributed by atoms with Crippen LogP contribution in [0.15, 0.2) is 71.1 Å². The molecule has 0 bridgehead atoms. The number of aliphatic carboxylic acids is 1. The minimum Gasteiger partial charge on any atom is -0.489 e. The second-order valence-corrected chi connectivity index (χ2v) is 9.93. The van der Waals surface area contributed by atoms with Crippen LogP contribution in [0.1, 0.15) is 62.0 Å². The summed E-state index contributed by atoms with van der Waals surface area (Å²) in [5.41, 5.74) is 4.91. The first-order valence-electron chi connectivity index (χ1n) is 12.4. The molecule has 1 aliphatic heterocycles. The molecule has 0 radical (unpaired) electrons. The normalized spacial score (nSPS) is 18.3. The second kappa shape index (κ2) is 10.3. The lowest BCUT2D eigenvalue weighted by molar-refractivity contribution is -0.137. The van der Waals surface area contributed by atoms with Gasteiger partial charge in [-0.25, -0.2) is 0 Å². The van der Waals surface area contributed by atoms with E-state index in [1.54, 1.807) is 0 Å². The third kappa shape index (κ3) is 4.82. The number of rotatable bonds is 7. The summed E-state index contributed by atoms with van der Waals surface area (Å²) in [6.07, 6.45) is 3.69. The minimum absolute atomic E-state index is 0.0407. The number of benzene rings is 2. The Morgan fingerprint density at radius 2 is 1.58 bits per heavy atom. The predicted octanol–water partition coefficient (Wildman–Crippen LogP) is 5.81. The molecule has 36 heavy (non-hydrogen) atoms. The summed E-state index contributed by atoms with van der Waals surface area (Å²) in [7, 11) is 0. The van der Waals surface area contributed by atoms with Crippen LogP contribution in [0.4, 0.5) is 0 Å². The first kappa shape index (κ1) is 24.3. The third-order valence-corrected chi connectivity index (χ3v) is 7.40. The number of ether oxygens (including phenoxy) is 1. The number of halogens is 1. The van der Waals surface area contributed by atoms with Crippen LogP contribution in [0.2, 0.25) is 5.02 Å². The summed E-state index contributed by atoms with van der Waals surface area (Å²) in [6.45, 7) is 0.637. The van der Waals surface area contributed by atoms with Crippen molar-refractivity contribution in [2.75, 3.05) is 6.54 Å². The van der Waals surface area contributed by atoms with Crippen LogP contribution in [0.3, 0.4) is 0 Å². The van der Waals surface area contributed by atoms with E-state index >= 15 is 0 Å². The molecule has 0 saturated carbocycles. The van der Waals surface area contributed by atoms with Gasteiger partial charge in [-0.15, -0.1) is 0 Å². The molecule has 2 aromatic carbocycles. The molecule has 0 saturated heterocycles. The number of allylic oxidation sites excluding steroid dienone is 4. The van der Waals surface area contributed by atoms with E-state index in [2.05, 4.69) is 0 Å². The van der Waals surface area contributed by atoms with Gasteiger partial charge in [-0.1, -0.05) is 35.9 Å². The van der Waals surface area contributed by atoms with Crippen LogP contribution in [-0.2, 0) is 21.0 Å². The summed E-state index contributed by atoms with van der Waals surface area (Å²) >= 11 is 5.98. The predicted molar refractivity (Wildman–Crippen MR) is 136 cm³/mol. The van der Waals surface area contributed by atoms with Crippen LogP contribution < -0.4 is 4.74 Å². The monoisotopic (exact) mass is 505 g/mol. The van der Waals surface area contributed by atoms with E-state index in [0.717, 1.165) is 35.4 Å². The average Bonchev–Trinajstić information content (AvgIpc) is 2.87. The van der Waals surface area contributed by atoms with E-state index < -0.39 is 11.9 Å². The van der Waals surface area contributed by atoms with E-state index in [1.807, 2.05) is 53.4 Å². The summed E-state index contributed by atoms with van der Waals surface area (Å²) in [6, 6.07) is 15.1. The van der Waals surface area contributed by atoms with Gasteiger partial charge in [0.05, 0.1) is 6.42 Å². The molecule has 186 valence electrons. The molecule has 2 aliphatic carbocycles. The van der Waals surface area contributed by atoms with Gasteiger partial charge >= 0.3 is 5.97 Å². The number of carbonyl (C=O) groups is 3. The summed E-state index contributed by atoms with van der Waals surface area (Å²) < 4.78 is 6.05. The van der Waals surface area contributed by atoms with Crippen LogP contribution in [0.5, 0.6) is 5.75 Å². The van der Waals surface area contributed by atoms with E-state index in [1.165, 1.54) is 0 Å². The Morgan fingerprint density at radius 3 is 2.19 bits per heavy atom. The molecule has 3 aliphatic rings. The van der Waals surface area contributed by atoms with Crippen molar-refractivity contribution in [3.05, 3.63) is 87.2 Å². The standard InChI is InChI=1S/C29H28ClNO5/c30-20-12-10-18(11-13-20)17-36-21-5-1-4-19(16-21)27-28-22(6-2-8-24(28)32)31(15-14-26(34)35)23-7-3-9-25(33)29(23)27/h1,4-5,10-13,16,27H,2-3,6-9,14-15,17H2,(H,34,35). The maximum absolute atomic E-state index is 13.3. The molecule has 1 heterocycles. The Kier molecular flexibility index (Phi) is 6.97. The number of carbonyl (C=O) groups excluding carboxylic acids is 2. The molecule has 2 aromatic rings. The Hall–Kier alpha value is -3.38. The smallest absolute Gasteiger partial charge is 0.305 e. The third-order valence-electron chi connectivity index (χ3n) is 7.15. The second-order valence-electron chi connectivity index (χ2n) is 9.49. The zero-order valence-corrected chi connectivity index (χ0v) is 20.7. The fraction of sp³-hybridized carbons (Fsp3) is 0.345. The first-order chi connectivity index (χ1) is 17.4. The van der Waals surface area contributed by atoms with Gasteiger partial charge in [0.25, 0.3) is 0 Å². The Bertz CT molecular complexity index is 1230. The van der Waals surface area contributed by atoms with Crippen molar-refractivity contribution in [1.29, 1.82) is 0 Å². The first-order valence-corrected chi connectivity index (χ1v) is 12.8. The van der Waals surface area contributed by atoms with Gasteiger partial charge in [-0.05, 0) is 61.1 Å². The van der Waals surface area contributed by atoms with E-state index in [4.69, 9.17) is 16.3 Å². The van der Waals surface area contributed by atoms with Crippen LogP contribution in [0.25, 0.3) is 0 Å². The lowest BCUT2D eigenvalue weighted by Gasteiger charge is -2.44. The number of hydrogen-bond donors (Lipinski definition) is 1. The van der Waals surface area contributed by atoms with Crippen molar-refractivity contribution in [2.24, 2.45) is 0 Å². The Morgan fingerprint density at radius 1 is 0.944 bits per heavy atom. The highest BCUT2D eigenvalue weighted by Gasteiger charge is 2.43. The molecule has 5 rings (SSSR count). The highest BCUT2D eigenvalue weighted by molar-refractivity contribution is 6.30. The number of hydrogen-bond acceptors (Lipinski definition) is 5. The number of ketones is 2. The molecule has 0 atom stereocenters. The van der Waals surface area contributed by atoms with Crippen molar-refractivity contribution in [2.45, 2.75) is 57.5 Å². The highest BCUT2D eigenvalue weighted by Crippen LogP contribution is 2.49. The minimum atomic E-state index is -0.892. The molecule has 1 N–H and O–H groups in total. The van der Waals surface area contributed by atoms with Gasteiger partial charge in [0, 0.05) is 52.9 Å². The molecule has 0 unspecified atom stereocenters. The van der Waals surface area contributed by atoms with Crippen molar-refractivity contribution < 1.29 is 24.2 Å². The number of carboxylic acid groups (broad SMARTS) is 1. The molecule has 0 fully saturated rings. The maximum atomic E-state index is 13.3. The molecule has 7 heteroatoms. The van der Waals surface area contributed by atoms with Gasteiger partial charge < -0.3 is 14.7 Å². The van der Waals surface area contributed by atoms with Crippen molar-refractivity contribution in [1.82, 2.24) is 4.90 Å². The zero-order valence-electron chi connectivity index (χ0n) is 20.0. The molecular weight excluding hydrogens is 478 g/mol. The van der Waals surface area contributed by atoms with Gasteiger partial charge in [0.1, 0.15) is 12.4 Å². The molecule has 6 nitrogen and oxygen atoms in total. The SMILES string of the molecule is O=C(O)CCN1C2=C(C(=O)CCC2)C(c2cccc(OCc3ccc(Cl)cc3)c2)C2=C1CCCC2=O. The molecule has 0 amide bonds. The topological polar surface area (TPSA) is 83.9 Å². The summed E-state index contributed by atoms with van der Waals surface area (Å²) in [5.74, 6) is -0.600. The van der Waals surface area contributed by atoms with Gasteiger partial charge in [-0.3, -0.25) is 14.4 Å². The van der Waals surface area contributed by atoms with Crippen molar-refractivity contribution in [3.63, 3.8) is 0 Å². The fourth-order valence-corrected chi connectivity index (χ4v) is 5.68. The largest absolute Gasteiger partial charge is 0.489 e. The fourth-order valence-electron chi connectivity index (χ4n) is 5.56. The summed E-state index contributed by atoms with van der Waals surface area (Å²) in [4.78, 5) is 40.0.